The van der Waals surface area contributed by atoms with Gasteiger partial charge in [0.25, 0.3) is 5.56 Å². The quantitative estimate of drug-likeness (QED) is 0.490. The van der Waals surface area contributed by atoms with Crippen LogP contribution in [0.5, 0.6) is 5.88 Å². The molecule has 0 aliphatic carbocycles. The van der Waals surface area contributed by atoms with Gasteiger partial charge >= 0.3 is 0 Å². The lowest BCUT2D eigenvalue weighted by Crippen LogP contribution is -2.12. The number of nitrogens with one attached hydrogen (secondary N) is 2. The summed E-state index contributed by atoms with van der Waals surface area (Å²) in [5.74, 6) is -0.0200. The van der Waals surface area contributed by atoms with Crippen molar-refractivity contribution in [3.63, 3.8) is 0 Å². The highest BCUT2D eigenvalue weighted by Gasteiger charge is 2.06. The van der Waals surface area contributed by atoms with Crippen LogP contribution in [0.3, 0.4) is 0 Å². The maximum absolute atomic E-state index is 12.0. The smallest absolute Gasteiger partial charge is 0.255 e. The molecule has 2 aromatic carbocycles. The van der Waals surface area contributed by atoms with E-state index in [1.54, 1.807) is 0 Å². The predicted molar refractivity (Wildman–Crippen MR) is 94.4 cm³/mol. The molecule has 6 nitrogen and oxygen atoms in total. The van der Waals surface area contributed by atoms with Crippen LogP contribution in [-0.4, -0.2) is 26.7 Å². The van der Waals surface area contributed by atoms with Crippen molar-refractivity contribution in [2.24, 2.45) is 0 Å². The van der Waals surface area contributed by atoms with Gasteiger partial charge in [0.15, 0.2) is 5.16 Å². The van der Waals surface area contributed by atoms with Gasteiger partial charge in [0.2, 0.25) is 11.8 Å². The van der Waals surface area contributed by atoms with Gasteiger partial charge in [-0.1, -0.05) is 42.1 Å². The maximum atomic E-state index is 12.0. The van der Waals surface area contributed by atoms with Gasteiger partial charge in [0.05, 0.1) is 6.07 Å². The molecular formula is C17H15N3O3S. The van der Waals surface area contributed by atoms with Crippen LogP contribution < -0.4 is 10.9 Å². The SMILES string of the molecule is O=C(CCSc1nc(O)cc(=O)[nH]1)Nc1ccc2ccccc2c1. The van der Waals surface area contributed by atoms with Crippen LogP contribution in [0.2, 0.25) is 0 Å². The Morgan fingerprint density at radius 1 is 1.17 bits per heavy atom. The molecule has 0 bridgehead atoms. The molecule has 7 heteroatoms. The Kier molecular flexibility index (Phi) is 4.81. The van der Waals surface area contributed by atoms with Crippen molar-refractivity contribution < 1.29 is 9.90 Å². The highest BCUT2D eigenvalue weighted by Crippen LogP contribution is 2.19. The molecule has 1 heterocycles. The van der Waals surface area contributed by atoms with E-state index in [4.69, 9.17) is 0 Å². The second kappa shape index (κ2) is 7.18. The average Bonchev–Trinajstić information content (AvgIpc) is 2.54. The van der Waals surface area contributed by atoms with Crippen molar-refractivity contribution in [2.45, 2.75) is 11.6 Å². The van der Waals surface area contributed by atoms with Crippen LogP contribution in [0.25, 0.3) is 10.8 Å². The minimum absolute atomic E-state index is 0.125. The van der Waals surface area contributed by atoms with Crippen LogP contribution in [0.1, 0.15) is 6.42 Å². The summed E-state index contributed by atoms with van der Waals surface area (Å²) in [4.78, 5) is 29.5. The highest BCUT2D eigenvalue weighted by atomic mass is 32.2. The zero-order chi connectivity index (χ0) is 16.9. The minimum Gasteiger partial charge on any atom is -0.493 e. The lowest BCUT2D eigenvalue weighted by Gasteiger charge is -2.06. The molecule has 3 aromatic rings. The molecule has 0 spiro atoms. The van der Waals surface area contributed by atoms with E-state index in [0.29, 0.717) is 10.9 Å². The van der Waals surface area contributed by atoms with Crippen LogP contribution in [0.15, 0.2) is 58.5 Å². The van der Waals surface area contributed by atoms with E-state index in [0.717, 1.165) is 22.5 Å². The third kappa shape index (κ3) is 4.14. The molecule has 0 atom stereocenters. The Hall–Kier alpha value is -2.80. The minimum atomic E-state index is -0.425. The molecule has 0 saturated heterocycles. The summed E-state index contributed by atoms with van der Waals surface area (Å²) in [7, 11) is 0. The summed E-state index contributed by atoms with van der Waals surface area (Å²) < 4.78 is 0. The number of amides is 1. The molecule has 0 aliphatic rings. The standard InChI is InChI=1S/C17H15N3O3S/c21-14(7-8-24-17-19-15(22)10-16(23)20-17)18-13-6-5-11-3-1-2-4-12(11)9-13/h1-6,9-10H,7-8H2,(H,18,21)(H2,19,20,22,23). The number of thioether (sulfide) groups is 1. The van der Waals surface area contributed by atoms with Gasteiger partial charge in [-0.05, 0) is 22.9 Å². The first kappa shape index (κ1) is 16.1. The number of benzene rings is 2. The lowest BCUT2D eigenvalue weighted by molar-refractivity contribution is -0.115. The van der Waals surface area contributed by atoms with Gasteiger partial charge in [0.1, 0.15) is 0 Å². The molecule has 0 radical (unpaired) electrons. The lowest BCUT2D eigenvalue weighted by atomic mass is 10.1. The number of aromatic nitrogens is 2. The van der Waals surface area contributed by atoms with Gasteiger partial charge in [-0.3, -0.25) is 9.59 Å². The number of carbonyl (C=O) groups excluding carboxylic acids is 1. The summed E-state index contributed by atoms with van der Waals surface area (Å²) in [5.41, 5.74) is 0.318. The number of carbonyl (C=O) groups is 1. The van der Waals surface area contributed by atoms with Gasteiger partial charge in [-0.2, -0.15) is 4.98 Å². The van der Waals surface area contributed by atoms with E-state index >= 15 is 0 Å². The van der Waals surface area contributed by atoms with Crippen molar-refractivity contribution in [1.29, 1.82) is 0 Å². The Morgan fingerprint density at radius 3 is 2.75 bits per heavy atom. The Labute approximate surface area is 141 Å². The number of hydrogen-bond acceptors (Lipinski definition) is 5. The molecule has 0 aliphatic heterocycles. The van der Waals surface area contributed by atoms with Gasteiger partial charge in [-0.15, -0.1) is 0 Å². The van der Waals surface area contributed by atoms with E-state index in [9.17, 15) is 14.7 Å². The number of rotatable bonds is 5. The first-order valence-electron chi connectivity index (χ1n) is 7.32. The zero-order valence-electron chi connectivity index (χ0n) is 12.7. The third-order valence-corrected chi connectivity index (χ3v) is 4.18. The van der Waals surface area contributed by atoms with Gasteiger partial charge in [0, 0.05) is 17.9 Å². The molecule has 0 saturated carbocycles. The Morgan fingerprint density at radius 2 is 1.96 bits per heavy atom. The molecule has 3 rings (SSSR count). The number of fused-ring (bicyclic) bond motifs is 1. The number of hydrogen-bond donors (Lipinski definition) is 3. The van der Waals surface area contributed by atoms with Crippen LogP contribution in [0.4, 0.5) is 5.69 Å². The number of aromatic amines is 1. The third-order valence-electron chi connectivity index (χ3n) is 3.31. The fourth-order valence-corrected chi connectivity index (χ4v) is 3.03. The van der Waals surface area contributed by atoms with Gasteiger partial charge in [-0.25, -0.2) is 0 Å². The Balaban J connectivity index is 1.55. The van der Waals surface area contributed by atoms with Crippen LogP contribution in [0, 0.1) is 0 Å². The maximum Gasteiger partial charge on any atom is 0.255 e. The van der Waals surface area contributed by atoms with E-state index < -0.39 is 5.56 Å². The average molecular weight is 341 g/mol. The van der Waals surface area contributed by atoms with Crippen molar-refractivity contribution >= 4 is 34.1 Å². The van der Waals surface area contributed by atoms with E-state index in [2.05, 4.69) is 15.3 Å². The van der Waals surface area contributed by atoms with Crippen molar-refractivity contribution in [3.8, 4) is 5.88 Å². The fraction of sp³-hybridized carbons (Fsp3) is 0.118. The number of aromatic hydroxyl groups is 1. The van der Waals surface area contributed by atoms with Crippen molar-refractivity contribution in [3.05, 3.63) is 58.9 Å². The van der Waals surface area contributed by atoms with Crippen LogP contribution in [-0.2, 0) is 4.79 Å². The first-order chi connectivity index (χ1) is 11.6. The highest BCUT2D eigenvalue weighted by molar-refractivity contribution is 7.99. The summed E-state index contributed by atoms with van der Waals surface area (Å²) >= 11 is 1.20. The molecule has 122 valence electrons. The number of anilines is 1. The number of H-pyrrole nitrogens is 1. The summed E-state index contributed by atoms with van der Waals surface area (Å²) in [6, 6.07) is 14.7. The monoisotopic (exact) mass is 341 g/mol. The molecular weight excluding hydrogens is 326 g/mol. The molecule has 3 N–H and O–H groups in total. The molecule has 24 heavy (non-hydrogen) atoms. The summed E-state index contributed by atoms with van der Waals surface area (Å²) in [6.45, 7) is 0. The first-order valence-corrected chi connectivity index (χ1v) is 8.30. The van der Waals surface area contributed by atoms with Crippen LogP contribution >= 0.6 is 11.8 Å². The summed E-state index contributed by atoms with van der Waals surface area (Å²) in [6.07, 6.45) is 0.261. The topological polar surface area (TPSA) is 95.1 Å². The predicted octanol–water partition coefficient (Wildman–Crippen LogP) is 2.75. The molecule has 0 fully saturated rings. The summed E-state index contributed by atoms with van der Waals surface area (Å²) in [5, 5.41) is 14.6. The van der Waals surface area contributed by atoms with Crippen molar-refractivity contribution in [2.75, 3.05) is 11.1 Å². The second-order valence-electron chi connectivity index (χ2n) is 5.12. The Bertz CT molecular complexity index is 940. The van der Waals surface area contributed by atoms with Gasteiger partial charge < -0.3 is 15.4 Å². The molecule has 0 unspecified atom stereocenters. The van der Waals surface area contributed by atoms with Crippen molar-refractivity contribution in [1.82, 2.24) is 9.97 Å². The van der Waals surface area contributed by atoms with E-state index in [-0.39, 0.29) is 18.2 Å². The van der Waals surface area contributed by atoms with E-state index in [1.807, 2.05) is 42.5 Å². The largest absolute Gasteiger partial charge is 0.493 e. The van der Waals surface area contributed by atoms with E-state index in [1.165, 1.54) is 11.8 Å². The fourth-order valence-electron chi connectivity index (χ4n) is 2.22. The molecule has 1 aromatic heterocycles. The normalized spacial score (nSPS) is 10.7. The number of nitrogens with zero attached hydrogens (tertiary/aromatic N) is 1. The second-order valence-corrected chi connectivity index (χ2v) is 6.20. The zero-order valence-corrected chi connectivity index (χ0v) is 13.5. The molecule has 1 amide bonds.